The molecule has 1 aliphatic rings. The fourth-order valence-corrected chi connectivity index (χ4v) is 2.35. The predicted molar refractivity (Wildman–Crippen MR) is 82.4 cm³/mol. The Morgan fingerprint density at radius 1 is 1.05 bits per heavy atom. The summed E-state index contributed by atoms with van der Waals surface area (Å²) in [6.07, 6.45) is 3.15. The number of carbonyl (C=O) groups is 1. The number of benzene rings is 2. The summed E-state index contributed by atoms with van der Waals surface area (Å²) in [5.74, 6) is 1.17. The van der Waals surface area contributed by atoms with Crippen molar-refractivity contribution in [2.75, 3.05) is 6.79 Å². The standard InChI is InChI=1S/C16H10Cl2O3/c17-11-3-4-13(18)12(8-11)14(19)5-1-10-2-6-15-16(7-10)21-9-20-15/h1-8H,9H2/b5-1+. The van der Waals surface area contributed by atoms with Crippen LogP contribution in [0.4, 0.5) is 0 Å². The van der Waals surface area contributed by atoms with Gasteiger partial charge < -0.3 is 9.47 Å². The van der Waals surface area contributed by atoms with E-state index in [1.54, 1.807) is 30.3 Å². The molecule has 2 aromatic rings. The maximum Gasteiger partial charge on any atom is 0.231 e. The van der Waals surface area contributed by atoms with E-state index in [1.807, 2.05) is 12.1 Å². The SMILES string of the molecule is O=C(/C=C/c1ccc2c(c1)OCO2)c1cc(Cl)ccc1Cl. The minimum atomic E-state index is -0.208. The third-order valence-corrected chi connectivity index (χ3v) is 3.58. The minimum Gasteiger partial charge on any atom is -0.454 e. The first-order chi connectivity index (χ1) is 10.1. The molecule has 0 aliphatic carbocycles. The van der Waals surface area contributed by atoms with Crippen LogP contribution in [0.1, 0.15) is 15.9 Å². The first-order valence-corrected chi connectivity index (χ1v) is 6.96. The van der Waals surface area contributed by atoms with Crippen LogP contribution in [0.5, 0.6) is 11.5 Å². The summed E-state index contributed by atoms with van der Waals surface area (Å²) >= 11 is 11.9. The Kier molecular flexibility index (Phi) is 3.86. The summed E-state index contributed by atoms with van der Waals surface area (Å²) in [4.78, 5) is 12.1. The van der Waals surface area contributed by atoms with Crippen LogP contribution in [0.15, 0.2) is 42.5 Å². The van der Waals surface area contributed by atoms with Gasteiger partial charge in [-0.25, -0.2) is 0 Å². The lowest BCUT2D eigenvalue weighted by Gasteiger charge is -2.01. The van der Waals surface area contributed by atoms with Gasteiger partial charge in [0.15, 0.2) is 17.3 Å². The van der Waals surface area contributed by atoms with Gasteiger partial charge in [0.05, 0.1) is 5.02 Å². The number of ether oxygens (including phenoxy) is 2. The van der Waals surface area contributed by atoms with Gasteiger partial charge in [0.2, 0.25) is 6.79 Å². The van der Waals surface area contributed by atoms with E-state index in [9.17, 15) is 4.79 Å². The molecule has 21 heavy (non-hydrogen) atoms. The van der Waals surface area contributed by atoms with Crippen molar-refractivity contribution in [1.29, 1.82) is 0 Å². The van der Waals surface area contributed by atoms with Crippen molar-refractivity contribution < 1.29 is 14.3 Å². The number of hydrogen-bond acceptors (Lipinski definition) is 3. The largest absolute Gasteiger partial charge is 0.454 e. The average molecular weight is 321 g/mol. The first kappa shape index (κ1) is 14.0. The van der Waals surface area contributed by atoms with Gasteiger partial charge in [-0.2, -0.15) is 0 Å². The lowest BCUT2D eigenvalue weighted by atomic mass is 10.1. The van der Waals surface area contributed by atoms with Crippen molar-refractivity contribution in [3.8, 4) is 11.5 Å². The third kappa shape index (κ3) is 3.04. The second-order valence-corrected chi connectivity index (χ2v) is 5.28. The van der Waals surface area contributed by atoms with E-state index in [0.717, 1.165) is 5.56 Å². The molecule has 0 saturated carbocycles. The van der Waals surface area contributed by atoms with Crippen LogP contribution in [-0.4, -0.2) is 12.6 Å². The molecule has 2 aromatic carbocycles. The quantitative estimate of drug-likeness (QED) is 0.611. The molecule has 0 radical (unpaired) electrons. The number of fused-ring (bicyclic) bond motifs is 1. The number of halogens is 2. The van der Waals surface area contributed by atoms with Gasteiger partial charge in [0, 0.05) is 10.6 Å². The number of carbonyl (C=O) groups excluding carboxylic acids is 1. The predicted octanol–water partition coefficient (Wildman–Crippen LogP) is 4.62. The molecule has 106 valence electrons. The summed E-state index contributed by atoms with van der Waals surface area (Å²) < 4.78 is 10.5. The topological polar surface area (TPSA) is 35.5 Å². The van der Waals surface area contributed by atoms with Crippen LogP contribution in [0.25, 0.3) is 6.08 Å². The Hall–Kier alpha value is -1.97. The van der Waals surface area contributed by atoms with Crippen molar-refractivity contribution in [3.63, 3.8) is 0 Å². The van der Waals surface area contributed by atoms with E-state index in [1.165, 1.54) is 6.08 Å². The molecule has 1 aliphatic heterocycles. The maximum absolute atomic E-state index is 12.1. The lowest BCUT2D eigenvalue weighted by molar-refractivity contribution is 0.104. The molecule has 0 aromatic heterocycles. The van der Waals surface area contributed by atoms with E-state index in [2.05, 4.69) is 0 Å². The van der Waals surface area contributed by atoms with Crippen molar-refractivity contribution in [3.05, 3.63) is 63.6 Å². The zero-order valence-corrected chi connectivity index (χ0v) is 12.3. The summed E-state index contributed by atoms with van der Waals surface area (Å²) in [7, 11) is 0. The molecule has 0 amide bonds. The highest BCUT2D eigenvalue weighted by Gasteiger charge is 2.13. The molecule has 0 saturated heterocycles. The third-order valence-electron chi connectivity index (χ3n) is 3.02. The Morgan fingerprint density at radius 3 is 2.71 bits per heavy atom. The summed E-state index contributed by atoms with van der Waals surface area (Å²) in [5.41, 5.74) is 1.21. The molecule has 1 heterocycles. The molecule has 0 unspecified atom stereocenters. The smallest absolute Gasteiger partial charge is 0.231 e. The van der Waals surface area contributed by atoms with Crippen LogP contribution in [0, 0.1) is 0 Å². The Bertz CT molecular complexity index is 738. The summed E-state index contributed by atoms with van der Waals surface area (Å²) in [5, 5.41) is 0.846. The molecule has 5 heteroatoms. The number of hydrogen-bond donors (Lipinski definition) is 0. The van der Waals surface area contributed by atoms with Crippen molar-refractivity contribution >= 4 is 35.1 Å². The van der Waals surface area contributed by atoms with Crippen LogP contribution in [0.3, 0.4) is 0 Å². The van der Waals surface area contributed by atoms with Gasteiger partial charge in [-0.1, -0.05) is 35.3 Å². The zero-order valence-electron chi connectivity index (χ0n) is 10.8. The number of rotatable bonds is 3. The second-order valence-electron chi connectivity index (χ2n) is 4.43. The normalized spacial score (nSPS) is 12.9. The first-order valence-electron chi connectivity index (χ1n) is 6.20. The minimum absolute atomic E-state index is 0.208. The van der Waals surface area contributed by atoms with Gasteiger partial charge in [-0.3, -0.25) is 4.79 Å². The molecule has 0 fully saturated rings. The van der Waals surface area contributed by atoms with Gasteiger partial charge in [0.25, 0.3) is 0 Å². The van der Waals surface area contributed by atoms with Gasteiger partial charge in [0.1, 0.15) is 0 Å². The Morgan fingerprint density at radius 2 is 1.86 bits per heavy atom. The fourth-order valence-electron chi connectivity index (χ4n) is 1.96. The second kappa shape index (κ2) is 5.80. The van der Waals surface area contributed by atoms with E-state index in [0.29, 0.717) is 27.1 Å². The van der Waals surface area contributed by atoms with E-state index >= 15 is 0 Å². The average Bonchev–Trinajstić information content (AvgIpc) is 2.94. The lowest BCUT2D eigenvalue weighted by Crippen LogP contribution is -1.95. The maximum atomic E-state index is 12.1. The van der Waals surface area contributed by atoms with Crippen molar-refractivity contribution in [2.45, 2.75) is 0 Å². The highest BCUT2D eigenvalue weighted by molar-refractivity contribution is 6.36. The highest BCUT2D eigenvalue weighted by atomic mass is 35.5. The van der Waals surface area contributed by atoms with E-state index in [-0.39, 0.29) is 12.6 Å². The molecular weight excluding hydrogens is 311 g/mol. The van der Waals surface area contributed by atoms with Crippen molar-refractivity contribution in [1.82, 2.24) is 0 Å². The Labute approximate surface area is 131 Å². The molecule has 0 spiro atoms. The monoisotopic (exact) mass is 320 g/mol. The van der Waals surface area contributed by atoms with Crippen LogP contribution < -0.4 is 9.47 Å². The molecular formula is C16H10Cl2O3. The highest BCUT2D eigenvalue weighted by Crippen LogP contribution is 2.32. The van der Waals surface area contributed by atoms with Gasteiger partial charge in [-0.15, -0.1) is 0 Å². The van der Waals surface area contributed by atoms with Crippen LogP contribution in [0.2, 0.25) is 10.0 Å². The van der Waals surface area contributed by atoms with Crippen molar-refractivity contribution in [2.24, 2.45) is 0 Å². The molecule has 3 nitrogen and oxygen atoms in total. The van der Waals surface area contributed by atoms with E-state index < -0.39 is 0 Å². The number of ketones is 1. The van der Waals surface area contributed by atoms with Crippen LogP contribution in [-0.2, 0) is 0 Å². The van der Waals surface area contributed by atoms with Gasteiger partial charge in [-0.05, 0) is 42.0 Å². The molecule has 0 N–H and O–H groups in total. The van der Waals surface area contributed by atoms with Crippen LogP contribution >= 0.6 is 23.2 Å². The molecule has 0 bridgehead atoms. The van der Waals surface area contributed by atoms with E-state index in [4.69, 9.17) is 32.7 Å². The Balaban J connectivity index is 1.82. The molecule has 0 atom stereocenters. The van der Waals surface area contributed by atoms with Gasteiger partial charge >= 0.3 is 0 Å². The number of allylic oxidation sites excluding steroid dienone is 1. The summed E-state index contributed by atoms with van der Waals surface area (Å²) in [6, 6.07) is 10.3. The zero-order chi connectivity index (χ0) is 14.8. The summed E-state index contributed by atoms with van der Waals surface area (Å²) in [6.45, 7) is 0.222. The fraction of sp³-hybridized carbons (Fsp3) is 0.0625. The molecule has 3 rings (SSSR count).